The Hall–Kier alpha value is -2.15. The van der Waals surface area contributed by atoms with Crippen molar-refractivity contribution in [3.63, 3.8) is 0 Å². The minimum absolute atomic E-state index is 0.102. The van der Waals surface area contributed by atoms with E-state index < -0.39 is 17.7 Å². The molecule has 5 nitrogen and oxygen atoms in total. The quantitative estimate of drug-likeness (QED) is 0.902. The molecular formula is C13H10BrFN2O3. The van der Waals surface area contributed by atoms with Gasteiger partial charge in [-0.15, -0.1) is 0 Å². The molecule has 1 aromatic carbocycles. The number of carbonyl (C=O) groups is 2. The number of carbonyl (C=O) groups excluding carboxylic acids is 1. The van der Waals surface area contributed by atoms with Crippen molar-refractivity contribution in [2.45, 2.75) is 0 Å². The number of benzene rings is 1. The first-order chi connectivity index (χ1) is 9.38. The van der Waals surface area contributed by atoms with Crippen molar-refractivity contribution in [3.05, 3.63) is 52.0 Å². The Morgan fingerprint density at radius 1 is 1.35 bits per heavy atom. The molecule has 0 aliphatic rings. The van der Waals surface area contributed by atoms with Gasteiger partial charge in [0.25, 0.3) is 5.91 Å². The minimum Gasteiger partial charge on any atom is -0.478 e. The second-order valence-electron chi connectivity index (χ2n) is 4.11. The van der Waals surface area contributed by atoms with Gasteiger partial charge in [0.1, 0.15) is 11.5 Å². The van der Waals surface area contributed by atoms with Gasteiger partial charge in [0.2, 0.25) is 0 Å². The molecular weight excluding hydrogens is 331 g/mol. The van der Waals surface area contributed by atoms with Crippen LogP contribution in [0, 0.1) is 5.82 Å². The molecule has 1 heterocycles. The average molecular weight is 341 g/mol. The van der Waals surface area contributed by atoms with E-state index in [0.29, 0.717) is 10.2 Å². The first kappa shape index (κ1) is 14.3. The van der Waals surface area contributed by atoms with Crippen LogP contribution in [0.2, 0.25) is 0 Å². The lowest BCUT2D eigenvalue weighted by Crippen LogP contribution is -2.16. The smallest absolute Gasteiger partial charge is 0.335 e. The molecule has 0 aliphatic heterocycles. The third-order valence-electron chi connectivity index (χ3n) is 2.67. The summed E-state index contributed by atoms with van der Waals surface area (Å²) >= 11 is 3.23. The number of rotatable bonds is 3. The van der Waals surface area contributed by atoms with Gasteiger partial charge in [-0.25, -0.2) is 9.18 Å². The molecule has 0 unspecified atom stereocenters. The van der Waals surface area contributed by atoms with E-state index in [4.69, 9.17) is 5.11 Å². The Labute approximate surface area is 122 Å². The SMILES string of the molecule is Cn1cc(Br)cc1C(=O)Nc1cc(C(=O)O)ccc1F. The maximum atomic E-state index is 13.6. The Morgan fingerprint density at radius 2 is 2.05 bits per heavy atom. The summed E-state index contributed by atoms with van der Waals surface area (Å²) < 4.78 is 15.9. The van der Waals surface area contributed by atoms with Crippen LogP contribution >= 0.6 is 15.9 Å². The molecule has 0 atom stereocenters. The summed E-state index contributed by atoms with van der Waals surface area (Å²) in [5.74, 6) is -2.42. The summed E-state index contributed by atoms with van der Waals surface area (Å²) in [6.07, 6.45) is 1.68. The van der Waals surface area contributed by atoms with Crippen molar-refractivity contribution in [1.29, 1.82) is 0 Å². The Kier molecular flexibility index (Phi) is 3.89. The number of halogens is 2. The number of amides is 1. The zero-order valence-corrected chi connectivity index (χ0v) is 11.9. The van der Waals surface area contributed by atoms with E-state index in [-0.39, 0.29) is 11.3 Å². The Balaban J connectivity index is 2.30. The Bertz CT molecular complexity index is 697. The number of aromatic carboxylic acids is 1. The minimum atomic E-state index is -1.19. The van der Waals surface area contributed by atoms with Crippen LogP contribution in [0.4, 0.5) is 10.1 Å². The van der Waals surface area contributed by atoms with E-state index in [1.807, 2.05) is 0 Å². The Morgan fingerprint density at radius 3 is 2.60 bits per heavy atom. The average Bonchev–Trinajstić information content (AvgIpc) is 2.71. The predicted octanol–water partition coefficient (Wildman–Crippen LogP) is 2.88. The fourth-order valence-corrected chi connectivity index (χ4v) is 2.21. The highest BCUT2D eigenvalue weighted by molar-refractivity contribution is 9.10. The molecule has 0 saturated carbocycles. The topological polar surface area (TPSA) is 71.3 Å². The van der Waals surface area contributed by atoms with Gasteiger partial charge in [0, 0.05) is 17.7 Å². The molecule has 0 saturated heterocycles. The summed E-state index contributed by atoms with van der Waals surface area (Å²) in [6.45, 7) is 0. The molecule has 0 fully saturated rings. The largest absolute Gasteiger partial charge is 0.478 e. The van der Waals surface area contributed by atoms with Crippen LogP contribution < -0.4 is 5.32 Å². The number of nitrogens with one attached hydrogen (secondary N) is 1. The van der Waals surface area contributed by atoms with E-state index in [2.05, 4.69) is 21.2 Å². The first-order valence-corrected chi connectivity index (χ1v) is 6.34. The highest BCUT2D eigenvalue weighted by Gasteiger charge is 2.15. The fourth-order valence-electron chi connectivity index (χ4n) is 1.69. The van der Waals surface area contributed by atoms with Gasteiger partial charge in [-0.3, -0.25) is 4.79 Å². The lowest BCUT2D eigenvalue weighted by Gasteiger charge is -2.08. The van der Waals surface area contributed by atoms with Crippen LogP contribution in [-0.4, -0.2) is 21.6 Å². The molecule has 2 N–H and O–H groups in total. The molecule has 104 valence electrons. The number of aromatic nitrogens is 1. The zero-order valence-electron chi connectivity index (χ0n) is 10.4. The molecule has 2 aromatic rings. The van der Waals surface area contributed by atoms with Crippen LogP contribution in [0.25, 0.3) is 0 Å². The van der Waals surface area contributed by atoms with E-state index in [0.717, 1.165) is 18.2 Å². The van der Waals surface area contributed by atoms with Gasteiger partial charge in [0.05, 0.1) is 11.3 Å². The summed E-state index contributed by atoms with van der Waals surface area (Å²) in [4.78, 5) is 22.8. The number of carboxylic acids is 1. The number of anilines is 1. The predicted molar refractivity (Wildman–Crippen MR) is 74.4 cm³/mol. The van der Waals surface area contributed by atoms with E-state index in [1.165, 1.54) is 0 Å². The normalized spacial score (nSPS) is 10.3. The molecule has 1 amide bonds. The van der Waals surface area contributed by atoms with E-state index >= 15 is 0 Å². The summed E-state index contributed by atoms with van der Waals surface area (Å²) in [5, 5.41) is 11.2. The molecule has 0 bridgehead atoms. The molecule has 1 aromatic heterocycles. The maximum Gasteiger partial charge on any atom is 0.335 e. The van der Waals surface area contributed by atoms with Crippen molar-refractivity contribution in [3.8, 4) is 0 Å². The van der Waals surface area contributed by atoms with Crippen molar-refractivity contribution in [2.24, 2.45) is 7.05 Å². The van der Waals surface area contributed by atoms with Crippen LogP contribution in [-0.2, 0) is 7.05 Å². The van der Waals surface area contributed by atoms with E-state index in [1.54, 1.807) is 23.9 Å². The van der Waals surface area contributed by atoms with Crippen LogP contribution in [0.1, 0.15) is 20.8 Å². The fraction of sp³-hybridized carbons (Fsp3) is 0.0769. The second kappa shape index (κ2) is 5.46. The molecule has 2 rings (SSSR count). The number of nitrogens with zero attached hydrogens (tertiary/aromatic N) is 1. The third kappa shape index (κ3) is 2.88. The van der Waals surface area contributed by atoms with Gasteiger partial charge in [-0.2, -0.15) is 0 Å². The van der Waals surface area contributed by atoms with Crippen molar-refractivity contribution < 1.29 is 19.1 Å². The van der Waals surface area contributed by atoms with Crippen molar-refractivity contribution >= 4 is 33.5 Å². The molecule has 0 spiro atoms. The number of aryl methyl sites for hydroxylation is 1. The van der Waals surface area contributed by atoms with E-state index in [9.17, 15) is 14.0 Å². The lowest BCUT2D eigenvalue weighted by molar-refractivity contribution is 0.0696. The van der Waals surface area contributed by atoms with Gasteiger partial charge in [-0.05, 0) is 40.2 Å². The highest BCUT2D eigenvalue weighted by atomic mass is 79.9. The standard InChI is InChI=1S/C13H10BrFN2O3/c1-17-6-8(14)5-11(17)12(18)16-10-4-7(13(19)20)2-3-9(10)15/h2-6H,1H3,(H,16,18)(H,19,20). The molecule has 0 aliphatic carbocycles. The monoisotopic (exact) mass is 340 g/mol. The summed E-state index contributed by atoms with van der Waals surface area (Å²) in [6, 6.07) is 4.79. The van der Waals surface area contributed by atoms with Crippen LogP contribution in [0.3, 0.4) is 0 Å². The second-order valence-corrected chi connectivity index (χ2v) is 5.02. The highest BCUT2D eigenvalue weighted by Crippen LogP contribution is 2.19. The van der Waals surface area contributed by atoms with Crippen molar-refractivity contribution in [2.75, 3.05) is 5.32 Å². The zero-order chi connectivity index (χ0) is 14.9. The maximum absolute atomic E-state index is 13.6. The number of carboxylic acid groups (broad SMARTS) is 1. The molecule has 0 radical (unpaired) electrons. The number of hydrogen-bond acceptors (Lipinski definition) is 2. The first-order valence-electron chi connectivity index (χ1n) is 5.54. The summed E-state index contributed by atoms with van der Waals surface area (Å²) in [5.41, 5.74) is 0.0407. The van der Waals surface area contributed by atoms with Gasteiger partial charge in [0.15, 0.2) is 0 Å². The van der Waals surface area contributed by atoms with Gasteiger partial charge in [-0.1, -0.05) is 0 Å². The molecule has 20 heavy (non-hydrogen) atoms. The van der Waals surface area contributed by atoms with Gasteiger partial charge < -0.3 is 15.0 Å². The van der Waals surface area contributed by atoms with Crippen LogP contribution in [0.15, 0.2) is 34.9 Å². The third-order valence-corrected chi connectivity index (χ3v) is 3.10. The summed E-state index contributed by atoms with van der Waals surface area (Å²) in [7, 11) is 1.67. The van der Waals surface area contributed by atoms with Crippen molar-refractivity contribution in [1.82, 2.24) is 4.57 Å². The van der Waals surface area contributed by atoms with Gasteiger partial charge >= 0.3 is 5.97 Å². The number of hydrogen-bond donors (Lipinski definition) is 2. The molecule has 7 heteroatoms. The van der Waals surface area contributed by atoms with Crippen LogP contribution in [0.5, 0.6) is 0 Å². The lowest BCUT2D eigenvalue weighted by atomic mass is 10.2.